The average molecular weight is 201 g/mol. The van der Waals surface area contributed by atoms with Gasteiger partial charge in [0.15, 0.2) is 5.82 Å². The van der Waals surface area contributed by atoms with Crippen LogP contribution in [0.1, 0.15) is 0 Å². The molecule has 0 amide bonds. The lowest BCUT2D eigenvalue weighted by Gasteiger charge is -2.02. The molecule has 0 saturated heterocycles. The SMILES string of the molecule is C#CCOc1ccc(-n2cnnn2)nc1. The molecule has 0 atom stereocenters. The van der Waals surface area contributed by atoms with Gasteiger partial charge in [-0.2, -0.15) is 4.68 Å². The predicted molar refractivity (Wildman–Crippen MR) is 51.3 cm³/mol. The summed E-state index contributed by atoms with van der Waals surface area (Å²) in [5.41, 5.74) is 0. The minimum Gasteiger partial charge on any atom is -0.479 e. The van der Waals surface area contributed by atoms with Crippen LogP contribution in [0.4, 0.5) is 0 Å². The second-order valence-electron chi connectivity index (χ2n) is 2.60. The summed E-state index contributed by atoms with van der Waals surface area (Å²) in [4.78, 5) is 4.10. The molecule has 2 aromatic heterocycles. The van der Waals surface area contributed by atoms with Crippen LogP contribution >= 0.6 is 0 Å². The number of hydrogen-bond donors (Lipinski definition) is 0. The quantitative estimate of drug-likeness (QED) is 0.657. The van der Waals surface area contributed by atoms with Gasteiger partial charge in [-0.15, -0.1) is 11.5 Å². The highest BCUT2D eigenvalue weighted by molar-refractivity contribution is 5.27. The van der Waals surface area contributed by atoms with Crippen LogP contribution in [0.2, 0.25) is 0 Å². The molecule has 2 aromatic rings. The van der Waals surface area contributed by atoms with Gasteiger partial charge in [0.05, 0.1) is 6.20 Å². The van der Waals surface area contributed by atoms with Gasteiger partial charge in [-0.05, 0) is 22.6 Å². The molecule has 0 N–H and O–H groups in total. The summed E-state index contributed by atoms with van der Waals surface area (Å²) in [6, 6.07) is 3.49. The Morgan fingerprint density at radius 1 is 1.47 bits per heavy atom. The van der Waals surface area contributed by atoms with Gasteiger partial charge in [0.2, 0.25) is 0 Å². The van der Waals surface area contributed by atoms with E-state index in [0.717, 1.165) is 0 Å². The Hall–Kier alpha value is -2.42. The van der Waals surface area contributed by atoms with E-state index in [4.69, 9.17) is 11.2 Å². The molecule has 0 aliphatic heterocycles. The number of tetrazole rings is 1. The number of ether oxygens (including phenoxy) is 1. The van der Waals surface area contributed by atoms with Crippen molar-refractivity contribution in [2.45, 2.75) is 0 Å². The predicted octanol–water partition coefficient (Wildman–Crippen LogP) is 0.0693. The molecule has 2 rings (SSSR count). The summed E-state index contributed by atoms with van der Waals surface area (Å²) in [6.45, 7) is 0.228. The summed E-state index contributed by atoms with van der Waals surface area (Å²) >= 11 is 0. The zero-order valence-electron chi connectivity index (χ0n) is 7.74. The summed E-state index contributed by atoms with van der Waals surface area (Å²) in [7, 11) is 0. The molecule has 0 bridgehead atoms. The number of pyridine rings is 1. The van der Waals surface area contributed by atoms with Gasteiger partial charge >= 0.3 is 0 Å². The highest BCUT2D eigenvalue weighted by Gasteiger charge is 1.99. The molecule has 0 radical (unpaired) electrons. The number of rotatable bonds is 3. The molecule has 15 heavy (non-hydrogen) atoms. The lowest BCUT2D eigenvalue weighted by molar-refractivity contribution is 0.368. The van der Waals surface area contributed by atoms with Crippen molar-refractivity contribution in [3.8, 4) is 23.9 Å². The first-order chi connectivity index (χ1) is 7.40. The third-order valence-electron chi connectivity index (χ3n) is 1.63. The van der Waals surface area contributed by atoms with Crippen LogP contribution in [0.5, 0.6) is 5.75 Å². The molecule has 6 nitrogen and oxygen atoms in total. The standard InChI is InChI=1S/C9H7N5O/c1-2-5-15-8-3-4-9(10-6-8)14-7-11-12-13-14/h1,3-4,6-7H,5H2. The summed E-state index contributed by atoms with van der Waals surface area (Å²) in [6.07, 6.45) is 8.08. The first-order valence-electron chi connectivity index (χ1n) is 4.16. The van der Waals surface area contributed by atoms with Crippen molar-refractivity contribution < 1.29 is 4.74 Å². The fourth-order valence-corrected chi connectivity index (χ4v) is 0.985. The van der Waals surface area contributed by atoms with Crippen LogP contribution in [0.25, 0.3) is 5.82 Å². The van der Waals surface area contributed by atoms with Crippen molar-refractivity contribution in [2.75, 3.05) is 6.61 Å². The third kappa shape index (κ3) is 2.08. The Labute approximate surface area is 85.9 Å². The normalized spacial score (nSPS) is 9.53. The Morgan fingerprint density at radius 2 is 2.40 bits per heavy atom. The van der Waals surface area contributed by atoms with Crippen LogP contribution in [-0.2, 0) is 0 Å². The Bertz CT molecular complexity index is 456. The molecular weight excluding hydrogens is 194 g/mol. The molecule has 6 heteroatoms. The van der Waals surface area contributed by atoms with Gasteiger partial charge in [-0.25, -0.2) is 4.98 Å². The zero-order valence-corrected chi connectivity index (χ0v) is 7.74. The molecule has 0 spiro atoms. The van der Waals surface area contributed by atoms with Crippen molar-refractivity contribution in [1.82, 2.24) is 25.2 Å². The molecule has 0 unspecified atom stereocenters. The zero-order chi connectivity index (χ0) is 10.5. The van der Waals surface area contributed by atoms with Crippen LogP contribution in [0.3, 0.4) is 0 Å². The van der Waals surface area contributed by atoms with E-state index < -0.39 is 0 Å². The lowest BCUT2D eigenvalue weighted by Crippen LogP contribution is -1.99. The van der Waals surface area contributed by atoms with E-state index in [1.807, 2.05) is 0 Å². The maximum absolute atomic E-state index is 5.17. The Morgan fingerprint density at radius 3 is 3.00 bits per heavy atom. The molecule has 0 saturated carbocycles. The molecule has 0 fully saturated rings. The molecular formula is C9H7N5O. The summed E-state index contributed by atoms with van der Waals surface area (Å²) in [5.74, 6) is 3.60. The van der Waals surface area contributed by atoms with Crippen molar-refractivity contribution in [1.29, 1.82) is 0 Å². The highest BCUT2D eigenvalue weighted by Crippen LogP contribution is 2.10. The maximum atomic E-state index is 5.17. The first-order valence-corrected chi connectivity index (χ1v) is 4.16. The van der Waals surface area contributed by atoms with Crippen LogP contribution in [0.15, 0.2) is 24.7 Å². The van der Waals surface area contributed by atoms with Gasteiger partial charge in [0, 0.05) is 0 Å². The fraction of sp³-hybridized carbons (Fsp3) is 0.111. The maximum Gasteiger partial charge on any atom is 0.157 e. The van der Waals surface area contributed by atoms with E-state index in [9.17, 15) is 0 Å². The first kappa shape index (κ1) is 9.15. The molecule has 2 heterocycles. The smallest absolute Gasteiger partial charge is 0.157 e. The topological polar surface area (TPSA) is 65.7 Å². The van der Waals surface area contributed by atoms with Gasteiger partial charge < -0.3 is 4.74 Å². The molecule has 74 valence electrons. The number of terminal acetylenes is 1. The number of aromatic nitrogens is 5. The van der Waals surface area contributed by atoms with Gasteiger partial charge in [0.1, 0.15) is 18.7 Å². The van der Waals surface area contributed by atoms with E-state index in [1.54, 1.807) is 18.3 Å². The Kier molecular flexibility index (Phi) is 2.56. The van der Waals surface area contributed by atoms with Gasteiger partial charge in [-0.3, -0.25) is 0 Å². The van der Waals surface area contributed by atoms with Crippen molar-refractivity contribution >= 4 is 0 Å². The van der Waals surface area contributed by atoms with Crippen molar-refractivity contribution in [3.63, 3.8) is 0 Å². The highest BCUT2D eigenvalue weighted by atomic mass is 16.5. The second-order valence-corrected chi connectivity index (χ2v) is 2.60. The second kappa shape index (κ2) is 4.19. The molecule has 0 aliphatic carbocycles. The minimum atomic E-state index is 0.228. The van der Waals surface area contributed by atoms with Crippen LogP contribution in [-0.4, -0.2) is 31.8 Å². The van der Waals surface area contributed by atoms with E-state index in [0.29, 0.717) is 11.6 Å². The van der Waals surface area contributed by atoms with Crippen LogP contribution in [0, 0.1) is 12.3 Å². The fourth-order valence-electron chi connectivity index (χ4n) is 0.985. The number of hydrogen-bond acceptors (Lipinski definition) is 5. The summed E-state index contributed by atoms with van der Waals surface area (Å²) in [5, 5.41) is 10.7. The molecule has 0 aromatic carbocycles. The van der Waals surface area contributed by atoms with E-state index in [-0.39, 0.29) is 6.61 Å². The average Bonchev–Trinajstić information content (AvgIpc) is 2.80. The van der Waals surface area contributed by atoms with E-state index >= 15 is 0 Å². The van der Waals surface area contributed by atoms with Gasteiger partial charge in [-0.1, -0.05) is 5.92 Å². The van der Waals surface area contributed by atoms with Crippen molar-refractivity contribution in [3.05, 3.63) is 24.7 Å². The largest absolute Gasteiger partial charge is 0.479 e. The Balaban J connectivity index is 2.15. The van der Waals surface area contributed by atoms with Crippen LogP contribution < -0.4 is 4.74 Å². The van der Waals surface area contributed by atoms with E-state index in [1.165, 1.54) is 11.0 Å². The van der Waals surface area contributed by atoms with Gasteiger partial charge in [0.25, 0.3) is 0 Å². The summed E-state index contributed by atoms with van der Waals surface area (Å²) < 4.78 is 6.62. The van der Waals surface area contributed by atoms with E-state index in [2.05, 4.69) is 26.4 Å². The number of nitrogens with zero attached hydrogens (tertiary/aromatic N) is 5. The lowest BCUT2D eigenvalue weighted by atomic mass is 10.4. The monoisotopic (exact) mass is 201 g/mol. The van der Waals surface area contributed by atoms with Crippen molar-refractivity contribution in [2.24, 2.45) is 0 Å². The molecule has 0 aliphatic rings. The minimum absolute atomic E-state index is 0.228. The third-order valence-corrected chi connectivity index (χ3v) is 1.63.